The maximum absolute atomic E-state index is 10.6. The van der Waals surface area contributed by atoms with Gasteiger partial charge in [-0.25, -0.2) is 0 Å². The van der Waals surface area contributed by atoms with E-state index in [2.05, 4.69) is 19.1 Å². The van der Waals surface area contributed by atoms with Gasteiger partial charge in [-0.2, -0.15) is 0 Å². The Morgan fingerprint density at radius 1 is 1.04 bits per heavy atom. The molecule has 0 bridgehead atoms. The second-order valence-corrected chi connectivity index (χ2v) is 7.66. The van der Waals surface area contributed by atoms with Crippen LogP contribution < -0.4 is 0 Å². The number of allylic oxidation sites excluding steroid dienone is 3. The molecule has 1 fully saturated rings. The summed E-state index contributed by atoms with van der Waals surface area (Å²) in [7, 11) is 0. The molecule has 0 amide bonds. The van der Waals surface area contributed by atoms with Gasteiger partial charge in [0.1, 0.15) is 5.60 Å². The highest BCUT2D eigenvalue weighted by atomic mass is 16.5. The zero-order chi connectivity index (χ0) is 18.8. The summed E-state index contributed by atoms with van der Waals surface area (Å²) in [4.78, 5) is 10.6. The number of aliphatic hydroxyl groups is 3. The van der Waals surface area contributed by atoms with Crippen LogP contribution in [0.25, 0.3) is 0 Å². The smallest absolute Gasteiger partial charge is 0.250 e. The van der Waals surface area contributed by atoms with Crippen LogP contribution in [0.1, 0.15) is 78.1 Å². The molecular weight excluding hydrogens is 316 g/mol. The molecule has 0 spiro atoms. The Labute approximate surface area is 152 Å². The van der Waals surface area contributed by atoms with Crippen LogP contribution in [0.3, 0.4) is 0 Å². The van der Waals surface area contributed by atoms with Crippen molar-refractivity contribution in [1.29, 1.82) is 0 Å². The van der Waals surface area contributed by atoms with Gasteiger partial charge in [0.2, 0.25) is 0 Å². The van der Waals surface area contributed by atoms with Gasteiger partial charge < -0.3 is 15.3 Å². The molecule has 4 heteroatoms. The first kappa shape index (κ1) is 22.1. The van der Waals surface area contributed by atoms with E-state index in [4.69, 9.17) is 0 Å². The highest BCUT2D eigenvalue weighted by Crippen LogP contribution is 2.35. The lowest BCUT2D eigenvalue weighted by Crippen LogP contribution is -2.53. The third-order valence-corrected chi connectivity index (χ3v) is 5.40. The summed E-state index contributed by atoms with van der Waals surface area (Å²) >= 11 is 0. The maximum atomic E-state index is 10.6. The van der Waals surface area contributed by atoms with Gasteiger partial charge in [-0.15, -0.1) is 0 Å². The first-order chi connectivity index (χ1) is 11.8. The average Bonchev–Trinajstić information content (AvgIpc) is 3.02. The Bertz CT molecular complexity index is 437. The van der Waals surface area contributed by atoms with E-state index in [0.717, 1.165) is 6.42 Å². The van der Waals surface area contributed by atoms with Crippen LogP contribution in [0.2, 0.25) is 0 Å². The van der Waals surface area contributed by atoms with Crippen LogP contribution in [0.5, 0.6) is 0 Å². The van der Waals surface area contributed by atoms with Crippen molar-refractivity contribution >= 4 is 6.29 Å². The summed E-state index contributed by atoms with van der Waals surface area (Å²) in [5, 5.41) is 28.9. The minimum Gasteiger partial charge on any atom is -0.384 e. The van der Waals surface area contributed by atoms with Crippen LogP contribution >= 0.6 is 0 Å². The Morgan fingerprint density at radius 2 is 1.80 bits per heavy atom. The van der Waals surface area contributed by atoms with Crippen molar-refractivity contribution in [3.8, 4) is 0 Å². The number of unbranched alkanes of at least 4 members (excludes halogenated alkanes) is 4. The molecule has 3 atom stereocenters. The number of carbonyl (C=O) groups excluding carboxylic acids is 1. The zero-order valence-electron chi connectivity index (χ0n) is 15.9. The standard InChI is InChI=1S/C21H36O4/c1-3-4-5-6-7-8-12-18-14-11-15-19(18)13-9-10-16-20(2,23)21(24,25)17-22/h8-10,12,17-19,23-25H,3-7,11,13-16H2,1-2H3/b10-9-,12-8+/t18-,19-,20?/m0/s1. The second kappa shape index (κ2) is 10.9. The lowest BCUT2D eigenvalue weighted by molar-refractivity contribution is -0.243. The number of aldehydes is 1. The van der Waals surface area contributed by atoms with Crippen molar-refractivity contribution in [1.82, 2.24) is 0 Å². The Kier molecular flexibility index (Phi) is 9.62. The number of carbonyl (C=O) groups is 1. The molecule has 0 radical (unpaired) electrons. The summed E-state index contributed by atoms with van der Waals surface area (Å²) < 4.78 is 0. The Hall–Kier alpha value is -0.970. The highest BCUT2D eigenvalue weighted by Gasteiger charge is 2.43. The van der Waals surface area contributed by atoms with Crippen LogP contribution in [0.15, 0.2) is 24.3 Å². The van der Waals surface area contributed by atoms with Crippen molar-refractivity contribution < 1.29 is 20.1 Å². The molecule has 144 valence electrons. The van der Waals surface area contributed by atoms with Gasteiger partial charge in [-0.1, -0.05) is 56.9 Å². The van der Waals surface area contributed by atoms with E-state index < -0.39 is 11.4 Å². The minimum atomic E-state index is -2.71. The Balaban J connectivity index is 2.37. The topological polar surface area (TPSA) is 77.8 Å². The molecule has 1 aliphatic carbocycles. The van der Waals surface area contributed by atoms with Crippen molar-refractivity contribution in [2.24, 2.45) is 11.8 Å². The molecular formula is C21H36O4. The summed E-state index contributed by atoms with van der Waals surface area (Å²) in [5.41, 5.74) is -1.88. The molecule has 0 saturated heterocycles. The van der Waals surface area contributed by atoms with E-state index in [0.29, 0.717) is 11.8 Å². The highest BCUT2D eigenvalue weighted by molar-refractivity contribution is 5.61. The minimum absolute atomic E-state index is 0.0286. The monoisotopic (exact) mass is 352 g/mol. The molecule has 3 N–H and O–H groups in total. The van der Waals surface area contributed by atoms with Gasteiger partial charge >= 0.3 is 0 Å². The van der Waals surface area contributed by atoms with Crippen LogP contribution in [0.4, 0.5) is 0 Å². The third-order valence-electron chi connectivity index (χ3n) is 5.40. The lowest BCUT2D eigenvalue weighted by atomic mass is 9.90. The van der Waals surface area contributed by atoms with Gasteiger partial charge in [0.05, 0.1) is 0 Å². The van der Waals surface area contributed by atoms with Gasteiger partial charge in [-0.05, 0) is 57.3 Å². The average molecular weight is 353 g/mol. The van der Waals surface area contributed by atoms with Crippen molar-refractivity contribution in [2.75, 3.05) is 0 Å². The molecule has 1 unspecified atom stereocenters. The van der Waals surface area contributed by atoms with Gasteiger partial charge in [-0.3, -0.25) is 4.79 Å². The second-order valence-electron chi connectivity index (χ2n) is 7.66. The molecule has 1 aliphatic rings. The normalized spacial score (nSPS) is 24.2. The Morgan fingerprint density at radius 3 is 2.48 bits per heavy atom. The van der Waals surface area contributed by atoms with E-state index in [-0.39, 0.29) is 12.7 Å². The van der Waals surface area contributed by atoms with Gasteiger partial charge in [0, 0.05) is 0 Å². The first-order valence-electron chi connectivity index (χ1n) is 9.79. The molecule has 0 aromatic carbocycles. The fourth-order valence-corrected chi connectivity index (χ4v) is 3.43. The fourth-order valence-electron chi connectivity index (χ4n) is 3.43. The fraction of sp³-hybridized carbons (Fsp3) is 0.762. The van der Waals surface area contributed by atoms with E-state index >= 15 is 0 Å². The molecule has 0 heterocycles. The summed E-state index contributed by atoms with van der Waals surface area (Å²) in [5.74, 6) is -1.47. The largest absolute Gasteiger partial charge is 0.384 e. The number of hydrogen-bond acceptors (Lipinski definition) is 4. The van der Waals surface area contributed by atoms with Crippen LogP contribution in [-0.2, 0) is 4.79 Å². The van der Waals surface area contributed by atoms with Gasteiger partial charge in [0.25, 0.3) is 5.79 Å². The molecule has 25 heavy (non-hydrogen) atoms. The van der Waals surface area contributed by atoms with E-state index in [1.165, 1.54) is 58.3 Å². The summed E-state index contributed by atoms with van der Waals surface area (Å²) in [6, 6.07) is 0. The SMILES string of the molecule is CCCCCC/C=C/[C@H]1CCC[C@@H]1C/C=C\CC(C)(O)C(O)(O)C=O. The lowest BCUT2D eigenvalue weighted by Gasteiger charge is -2.31. The van der Waals surface area contributed by atoms with E-state index in [9.17, 15) is 20.1 Å². The van der Waals surface area contributed by atoms with Crippen LogP contribution in [-0.4, -0.2) is 33.0 Å². The van der Waals surface area contributed by atoms with E-state index in [1.54, 1.807) is 6.08 Å². The molecule has 0 aromatic heterocycles. The first-order valence-corrected chi connectivity index (χ1v) is 9.79. The van der Waals surface area contributed by atoms with Crippen molar-refractivity contribution in [3.63, 3.8) is 0 Å². The predicted molar refractivity (Wildman–Crippen MR) is 101 cm³/mol. The predicted octanol–water partition coefficient (Wildman–Crippen LogP) is 3.90. The maximum Gasteiger partial charge on any atom is 0.250 e. The molecule has 0 aromatic rings. The molecule has 1 saturated carbocycles. The van der Waals surface area contributed by atoms with Gasteiger partial charge in [0.15, 0.2) is 6.29 Å². The summed E-state index contributed by atoms with van der Waals surface area (Å²) in [6.07, 6.45) is 19.4. The molecule has 0 aliphatic heterocycles. The summed E-state index contributed by atoms with van der Waals surface area (Å²) in [6.45, 7) is 3.48. The quantitative estimate of drug-likeness (QED) is 0.215. The van der Waals surface area contributed by atoms with E-state index in [1.807, 2.05) is 6.08 Å². The van der Waals surface area contributed by atoms with Crippen LogP contribution in [0, 0.1) is 11.8 Å². The number of rotatable bonds is 12. The number of hydrogen-bond donors (Lipinski definition) is 3. The van der Waals surface area contributed by atoms with Crippen molar-refractivity contribution in [2.45, 2.75) is 89.4 Å². The zero-order valence-corrected chi connectivity index (χ0v) is 15.9. The molecule has 1 rings (SSSR count). The molecule has 4 nitrogen and oxygen atoms in total. The van der Waals surface area contributed by atoms with Crippen molar-refractivity contribution in [3.05, 3.63) is 24.3 Å². The third kappa shape index (κ3) is 7.43.